The van der Waals surface area contributed by atoms with Crippen molar-refractivity contribution < 1.29 is 30.4 Å². The van der Waals surface area contributed by atoms with E-state index in [4.69, 9.17) is 25.3 Å². The van der Waals surface area contributed by atoms with Crippen molar-refractivity contribution in [2.45, 2.75) is 25.8 Å². The molecular formula is C16H21NO2. The van der Waals surface area contributed by atoms with Crippen molar-refractivity contribution in [1.82, 2.24) is 5.32 Å². The van der Waals surface area contributed by atoms with Crippen LogP contribution in [-0.2, 0) is 0 Å². The Balaban J connectivity index is 2.53. The molecule has 0 aliphatic heterocycles. The minimum absolute atomic E-state index is 0.490. The lowest BCUT2D eigenvalue weighted by atomic mass is 10.1. The van der Waals surface area contributed by atoms with Crippen molar-refractivity contribution in [3.8, 4) is 5.75 Å². The highest BCUT2D eigenvalue weighted by molar-refractivity contribution is 5.88. The molecule has 19 heavy (non-hydrogen) atoms. The van der Waals surface area contributed by atoms with E-state index in [1.54, 1.807) is 0 Å². The van der Waals surface area contributed by atoms with E-state index in [0.717, 1.165) is 0 Å². The number of aliphatic hydroxyl groups excluding tert-OH is 1. The molecule has 0 amide bonds. The summed E-state index contributed by atoms with van der Waals surface area (Å²) in [5, 5.41) is 11.3. The average molecular weight is 274 g/mol. The van der Waals surface area contributed by atoms with Gasteiger partial charge in [0.2, 0.25) is 0 Å². The molecule has 2 aromatic rings. The highest BCUT2D eigenvalue weighted by Gasteiger charge is 2.07. The Morgan fingerprint density at radius 3 is 2.95 bits per heavy atom. The molecule has 0 saturated heterocycles. The van der Waals surface area contributed by atoms with E-state index < -0.39 is 97.8 Å². The Bertz CT molecular complexity index is 1070. The second kappa shape index (κ2) is 6.55. The Morgan fingerprint density at radius 1 is 1.32 bits per heavy atom. The van der Waals surface area contributed by atoms with Crippen molar-refractivity contribution in [2.75, 3.05) is 13.1 Å². The minimum Gasteiger partial charge on any atom is -0.490 e. The van der Waals surface area contributed by atoms with Gasteiger partial charge in [0.25, 0.3) is 0 Å². The van der Waals surface area contributed by atoms with Gasteiger partial charge in [-0.15, -0.1) is 0 Å². The van der Waals surface area contributed by atoms with Crippen LogP contribution in [-0.4, -0.2) is 30.4 Å². The first-order valence-electron chi connectivity index (χ1n) is 12.8. The van der Waals surface area contributed by atoms with Crippen LogP contribution in [0.5, 0.6) is 5.75 Å². The number of rotatable bonds is 6. The van der Waals surface area contributed by atoms with Gasteiger partial charge in [0.15, 0.2) is 0 Å². The lowest BCUT2D eigenvalue weighted by Crippen LogP contribution is -2.35. The SMILES string of the molecule is [2H]c1c([2H])c([2H])c2c(OC([2H])([2H])C(O)CNC(C([2H])([2H])[2H])C([2H])([2H])[2H])c([2H])c([2H])c([2H])c2c1[2H]. The van der Waals surface area contributed by atoms with Gasteiger partial charge in [0.1, 0.15) is 18.4 Å². The molecule has 0 fully saturated rings. The minimum atomic E-state index is -3.14. The van der Waals surface area contributed by atoms with Gasteiger partial charge in [0.05, 0.1) is 12.3 Å². The lowest BCUT2D eigenvalue weighted by Gasteiger charge is -2.15. The number of benzene rings is 2. The zero-order chi connectivity index (χ0) is 26.5. The first-order chi connectivity index (χ1) is 15.2. The van der Waals surface area contributed by atoms with Crippen molar-refractivity contribution >= 4 is 10.8 Å². The predicted molar refractivity (Wildman–Crippen MR) is 78.6 cm³/mol. The summed E-state index contributed by atoms with van der Waals surface area (Å²) in [7, 11) is 0. The third-order valence-electron chi connectivity index (χ3n) is 2.09. The van der Waals surface area contributed by atoms with E-state index in [9.17, 15) is 5.11 Å². The maximum atomic E-state index is 10.3. The number of aliphatic hydroxyl groups is 1. The standard InChI is InChI=1S/C16H21NO2/c1-12(2)17-10-14(18)11-19-16-9-5-7-13-6-3-4-8-15(13)16/h3-9,12,14,17-18H,10-11H2,1-2H3/i1D3,2D3,3D,4D,5D,6D,7D,8D,9D,11D2. The molecule has 2 N–H and O–H groups in total. The molecule has 0 saturated carbocycles. The fourth-order valence-electron chi connectivity index (χ4n) is 1.26. The zero-order valence-electron chi connectivity index (χ0n) is 24.7. The molecule has 0 bridgehead atoms. The highest BCUT2D eigenvalue weighted by Crippen LogP contribution is 2.25. The van der Waals surface area contributed by atoms with Gasteiger partial charge in [-0.05, 0) is 11.4 Å². The number of hydrogen-bond donors (Lipinski definition) is 2. The molecule has 2 aromatic carbocycles. The Hall–Kier alpha value is -1.58. The summed E-state index contributed by atoms with van der Waals surface area (Å²) in [4.78, 5) is 0. The van der Waals surface area contributed by atoms with Gasteiger partial charge >= 0.3 is 0 Å². The lowest BCUT2D eigenvalue weighted by molar-refractivity contribution is 0.105. The number of nitrogens with one attached hydrogen (secondary N) is 1. The van der Waals surface area contributed by atoms with E-state index in [1.165, 1.54) is 0 Å². The molecule has 0 spiro atoms. The van der Waals surface area contributed by atoms with Gasteiger partial charge in [-0.3, -0.25) is 0 Å². The third-order valence-corrected chi connectivity index (χ3v) is 2.09. The molecule has 102 valence electrons. The van der Waals surface area contributed by atoms with E-state index in [1.807, 2.05) is 0 Å². The summed E-state index contributed by atoms with van der Waals surface area (Å²) >= 11 is 0. The van der Waals surface area contributed by atoms with Crippen LogP contribution in [0.1, 0.15) is 34.3 Å². The Labute approximate surface area is 135 Å². The summed E-state index contributed by atoms with van der Waals surface area (Å²) in [5.74, 6) is -0.838. The summed E-state index contributed by atoms with van der Waals surface area (Å²) in [6.07, 6.45) is -2.21. The van der Waals surface area contributed by atoms with E-state index in [0.29, 0.717) is 0 Å². The maximum absolute atomic E-state index is 10.3. The topological polar surface area (TPSA) is 41.5 Å². The van der Waals surface area contributed by atoms with Crippen molar-refractivity contribution in [1.29, 1.82) is 0 Å². The van der Waals surface area contributed by atoms with Crippen LogP contribution in [0.25, 0.3) is 10.8 Å². The smallest absolute Gasteiger partial charge is 0.127 e. The van der Waals surface area contributed by atoms with Crippen LogP contribution >= 0.6 is 0 Å². The van der Waals surface area contributed by atoms with Gasteiger partial charge < -0.3 is 15.2 Å². The largest absolute Gasteiger partial charge is 0.490 e. The molecule has 3 nitrogen and oxygen atoms in total. The molecule has 2 rings (SSSR count). The van der Waals surface area contributed by atoms with E-state index in [-0.39, 0.29) is 0 Å². The van der Waals surface area contributed by atoms with Crippen LogP contribution in [0.3, 0.4) is 0 Å². The average Bonchev–Trinajstić information content (AvgIpc) is 2.68. The third kappa shape index (κ3) is 3.94. The molecule has 0 aliphatic rings. The monoisotopic (exact) mass is 274 g/mol. The highest BCUT2D eigenvalue weighted by atomic mass is 16.5. The van der Waals surface area contributed by atoms with Gasteiger partial charge in [-0.2, -0.15) is 0 Å². The zero-order valence-corrected chi connectivity index (χ0v) is 9.72. The van der Waals surface area contributed by atoms with Crippen molar-refractivity contribution in [3.63, 3.8) is 0 Å². The maximum Gasteiger partial charge on any atom is 0.127 e. The second-order valence-electron chi connectivity index (χ2n) is 3.53. The predicted octanol–water partition coefficient (Wildman–Crippen LogP) is 2.58. The van der Waals surface area contributed by atoms with Crippen LogP contribution in [0, 0.1) is 0 Å². The van der Waals surface area contributed by atoms with Crippen molar-refractivity contribution in [3.05, 3.63) is 42.3 Å². The molecular weight excluding hydrogens is 238 g/mol. The first-order valence-corrected chi connectivity index (χ1v) is 5.33. The molecule has 3 heteroatoms. The summed E-state index contributed by atoms with van der Waals surface area (Å²) in [6, 6.07) is -7.47. The van der Waals surface area contributed by atoms with E-state index in [2.05, 4.69) is 5.32 Å². The Kier molecular flexibility index (Phi) is 1.45. The molecule has 1 unspecified atom stereocenters. The number of hydrogen-bond acceptors (Lipinski definition) is 3. The number of ether oxygens (including phenoxy) is 1. The molecule has 0 aromatic heterocycles. The quantitative estimate of drug-likeness (QED) is 0.850. The van der Waals surface area contributed by atoms with Gasteiger partial charge in [-0.1, -0.05) is 50.0 Å². The number of fused-ring (bicyclic) bond motifs is 1. The normalized spacial score (nSPS) is 26.3. The first kappa shape index (κ1) is 4.21. The van der Waals surface area contributed by atoms with Gasteiger partial charge in [0, 0.05) is 26.2 Å². The molecule has 0 heterocycles. The molecule has 1 atom stereocenters. The summed E-state index contributed by atoms with van der Waals surface area (Å²) in [6.45, 7) is -10.1. The van der Waals surface area contributed by atoms with Crippen LogP contribution < -0.4 is 10.1 Å². The second-order valence-corrected chi connectivity index (χ2v) is 3.53. The van der Waals surface area contributed by atoms with Crippen LogP contribution in [0.15, 0.2) is 42.3 Å². The van der Waals surface area contributed by atoms with Crippen LogP contribution in [0.4, 0.5) is 0 Å². The fourth-order valence-corrected chi connectivity index (χ4v) is 1.26. The summed E-state index contributed by atoms with van der Waals surface area (Å²) < 4.78 is 121. The Morgan fingerprint density at radius 2 is 2.11 bits per heavy atom. The van der Waals surface area contributed by atoms with Gasteiger partial charge in [-0.25, -0.2) is 0 Å². The molecule has 0 radical (unpaired) electrons. The fraction of sp³-hybridized carbons (Fsp3) is 0.375. The molecule has 0 aliphatic carbocycles. The summed E-state index contributed by atoms with van der Waals surface area (Å²) in [5.41, 5.74) is 0. The van der Waals surface area contributed by atoms with E-state index >= 15 is 0 Å². The van der Waals surface area contributed by atoms with Crippen molar-refractivity contribution in [2.24, 2.45) is 0 Å². The van der Waals surface area contributed by atoms with Crippen LogP contribution in [0.2, 0.25) is 0 Å².